The molecule has 0 aromatic rings. The average molecular weight is 575 g/mol. The molecule has 0 aromatic carbocycles. The topological polar surface area (TPSA) is 102 Å². The molecule has 0 aromatic heterocycles. The van der Waals surface area contributed by atoms with E-state index in [9.17, 15) is 19.8 Å². The summed E-state index contributed by atoms with van der Waals surface area (Å²) in [4.78, 5) is 24.6. The summed E-state index contributed by atoms with van der Waals surface area (Å²) < 4.78 is 18.8. The Kier molecular flexibility index (Phi) is 6.35. The van der Waals surface area contributed by atoms with Crippen molar-refractivity contribution in [2.75, 3.05) is 0 Å². The van der Waals surface area contributed by atoms with Crippen LogP contribution in [0.1, 0.15) is 120 Å². The Balaban J connectivity index is 1.38. The highest BCUT2D eigenvalue weighted by atomic mass is 16.6. The first kappa shape index (κ1) is 29.9. The molecule has 0 unspecified atom stereocenters. The molecule has 41 heavy (non-hydrogen) atoms. The number of hydrogen-bond acceptors (Lipinski definition) is 7. The number of carbonyl (C=O) groups excluding carboxylic acids is 2. The molecule has 5 saturated carbocycles. The number of esters is 2. The normalized spacial score (nSPS) is 53.4. The van der Waals surface area contributed by atoms with Crippen molar-refractivity contribution >= 4 is 11.9 Å². The van der Waals surface area contributed by atoms with Crippen molar-refractivity contribution in [3.05, 3.63) is 0 Å². The van der Waals surface area contributed by atoms with Crippen molar-refractivity contribution < 1.29 is 34.0 Å². The molecule has 2 spiro atoms. The van der Waals surface area contributed by atoms with Crippen LogP contribution in [-0.2, 0) is 23.8 Å². The van der Waals surface area contributed by atoms with Crippen molar-refractivity contribution in [3.8, 4) is 0 Å². The summed E-state index contributed by atoms with van der Waals surface area (Å²) in [6.45, 7) is 18.1. The van der Waals surface area contributed by atoms with Crippen LogP contribution in [-0.4, -0.2) is 57.8 Å². The van der Waals surface area contributed by atoms with Crippen molar-refractivity contribution in [1.29, 1.82) is 0 Å². The zero-order valence-electron chi connectivity index (χ0n) is 26.8. The largest absolute Gasteiger partial charge is 0.462 e. The summed E-state index contributed by atoms with van der Waals surface area (Å²) in [7, 11) is 0. The molecule has 0 radical (unpaired) electrons. The van der Waals surface area contributed by atoms with Gasteiger partial charge in [0.1, 0.15) is 12.2 Å². The lowest BCUT2D eigenvalue weighted by atomic mass is 9.41. The Hall–Kier alpha value is -1.18. The van der Waals surface area contributed by atoms with Crippen LogP contribution in [0.3, 0.4) is 0 Å². The fourth-order valence-electron chi connectivity index (χ4n) is 12.8. The lowest BCUT2D eigenvalue weighted by molar-refractivity contribution is -0.224. The smallest absolute Gasteiger partial charge is 0.302 e. The SMILES string of the molecule is CC(=O)O[C@H]1C[C@@H]2[C@@]3(CC[C@]4(C)[C@@H]([C@]5(C)CC[C@H](C(C)(C)O)O5)[C@H](O)C[C@@]24C)C[C@@]32CC[C@H](OC(C)=O)C(C)(C)[C@@H]12. The minimum atomic E-state index is -0.921. The predicted octanol–water partition coefficient (Wildman–Crippen LogP) is 5.58. The van der Waals surface area contributed by atoms with Crippen LogP contribution >= 0.6 is 0 Å². The summed E-state index contributed by atoms with van der Waals surface area (Å²) in [5.74, 6) is -0.0675. The summed E-state index contributed by atoms with van der Waals surface area (Å²) >= 11 is 0. The molecule has 12 atom stereocenters. The summed E-state index contributed by atoms with van der Waals surface area (Å²) in [5.41, 5.74) is -1.80. The molecule has 6 fully saturated rings. The third kappa shape index (κ3) is 3.79. The molecule has 6 aliphatic rings. The van der Waals surface area contributed by atoms with E-state index in [4.69, 9.17) is 14.2 Å². The van der Waals surface area contributed by atoms with E-state index in [1.807, 2.05) is 13.8 Å². The summed E-state index contributed by atoms with van der Waals surface area (Å²) in [6.07, 6.45) is 7.08. The van der Waals surface area contributed by atoms with E-state index < -0.39 is 17.3 Å². The van der Waals surface area contributed by atoms with Gasteiger partial charge < -0.3 is 24.4 Å². The highest BCUT2D eigenvalue weighted by molar-refractivity contribution is 5.67. The molecular formula is C34H54O7. The summed E-state index contributed by atoms with van der Waals surface area (Å²) in [5, 5.41) is 22.7. The van der Waals surface area contributed by atoms with Crippen molar-refractivity contribution in [2.24, 2.45) is 44.8 Å². The number of ether oxygens (including phenoxy) is 3. The molecule has 7 nitrogen and oxygen atoms in total. The van der Waals surface area contributed by atoms with E-state index in [2.05, 4.69) is 34.6 Å². The first-order valence-corrected chi connectivity index (χ1v) is 16.2. The van der Waals surface area contributed by atoms with Gasteiger partial charge in [-0.3, -0.25) is 9.59 Å². The molecule has 1 aliphatic heterocycles. The zero-order chi connectivity index (χ0) is 30.2. The van der Waals surface area contributed by atoms with Crippen LogP contribution in [0, 0.1) is 44.8 Å². The van der Waals surface area contributed by atoms with Crippen LogP contribution < -0.4 is 0 Å². The van der Waals surface area contributed by atoms with Gasteiger partial charge in [0.05, 0.1) is 23.4 Å². The highest BCUT2D eigenvalue weighted by Crippen LogP contribution is 2.89. The van der Waals surface area contributed by atoms with Gasteiger partial charge in [-0.05, 0) is 106 Å². The molecule has 0 amide bonds. The predicted molar refractivity (Wildman–Crippen MR) is 154 cm³/mol. The molecule has 7 heteroatoms. The lowest BCUT2D eigenvalue weighted by Crippen LogP contribution is -2.63. The van der Waals surface area contributed by atoms with E-state index in [1.165, 1.54) is 13.8 Å². The average Bonchev–Trinajstić information content (AvgIpc) is 3.18. The Morgan fingerprint density at radius 1 is 0.854 bits per heavy atom. The van der Waals surface area contributed by atoms with E-state index in [0.29, 0.717) is 5.92 Å². The lowest BCUT2D eigenvalue weighted by Gasteiger charge is -2.64. The molecule has 232 valence electrons. The quantitative estimate of drug-likeness (QED) is 0.423. The van der Waals surface area contributed by atoms with Crippen LogP contribution in [0.4, 0.5) is 0 Å². The fourth-order valence-corrected chi connectivity index (χ4v) is 12.8. The van der Waals surface area contributed by atoms with Crippen molar-refractivity contribution in [2.45, 2.75) is 156 Å². The van der Waals surface area contributed by atoms with Crippen LogP contribution in [0.5, 0.6) is 0 Å². The van der Waals surface area contributed by atoms with Gasteiger partial charge in [0.2, 0.25) is 0 Å². The summed E-state index contributed by atoms with van der Waals surface area (Å²) in [6, 6.07) is 0. The number of aliphatic hydroxyl groups is 2. The van der Waals surface area contributed by atoms with Crippen molar-refractivity contribution in [1.82, 2.24) is 0 Å². The Labute approximate surface area is 246 Å². The first-order valence-electron chi connectivity index (χ1n) is 16.2. The second-order valence-corrected chi connectivity index (χ2v) is 17.1. The van der Waals surface area contributed by atoms with Gasteiger partial charge in [-0.25, -0.2) is 0 Å². The van der Waals surface area contributed by atoms with Crippen LogP contribution in [0.2, 0.25) is 0 Å². The van der Waals surface area contributed by atoms with Crippen LogP contribution in [0.15, 0.2) is 0 Å². The third-order valence-electron chi connectivity index (χ3n) is 14.3. The molecule has 2 N–H and O–H groups in total. The van der Waals surface area contributed by atoms with E-state index in [0.717, 1.165) is 57.8 Å². The van der Waals surface area contributed by atoms with E-state index in [1.54, 1.807) is 0 Å². The first-order chi connectivity index (χ1) is 18.8. The molecular weight excluding hydrogens is 520 g/mol. The van der Waals surface area contributed by atoms with Gasteiger partial charge in [-0.1, -0.05) is 27.7 Å². The number of fused-ring (bicyclic) bond motifs is 2. The molecule has 1 saturated heterocycles. The third-order valence-corrected chi connectivity index (χ3v) is 14.3. The maximum atomic E-state index is 12.6. The molecule has 0 bridgehead atoms. The monoisotopic (exact) mass is 574 g/mol. The van der Waals surface area contributed by atoms with Crippen molar-refractivity contribution in [3.63, 3.8) is 0 Å². The number of hydrogen-bond donors (Lipinski definition) is 2. The highest BCUT2D eigenvalue weighted by Gasteiger charge is 2.85. The van der Waals surface area contributed by atoms with E-state index >= 15 is 0 Å². The molecule has 1 heterocycles. The second kappa shape index (κ2) is 8.72. The Morgan fingerprint density at radius 2 is 1.51 bits per heavy atom. The maximum absolute atomic E-state index is 12.6. The van der Waals surface area contributed by atoms with E-state index in [-0.39, 0.29) is 69.2 Å². The zero-order valence-corrected chi connectivity index (χ0v) is 26.8. The van der Waals surface area contributed by atoms with Gasteiger partial charge in [-0.2, -0.15) is 0 Å². The minimum absolute atomic E-state index is 0.0274. The number of carbonyl (C=O) groups is 2. The van der Waals surface area contributed by atoms with Gasteiger partial charge in [0.15, 0.2) is 0 Å². The van der Waals surface area contributed by atoms with Gasteiger partial charge in [0, 0.05) is 31.1 Å². The minimum Gasteiger partial charge on any atom is -0.462 e. The second-order valence-electron chi connectivity index (χ2n) is 17.1. The molecule has 5 aliphatic carbocycles. The van der Waals surface area contributed by atoms with Gasteiger partial charge in [0.25, 0.3) is 0 Å². The Morgan fingerprint density at radius 3 is 2.10 bits per heavy atom. The number of aliphatic hydroxyl groups excluding tert-OH is 1. The van der Waals surface area contributed by atoms with Crippen LogP contribution in [0.25, 0.3) is 0 Å². The van der Waals surface area contributed by atoms with Gasteiger partial charge in [-0.15, -0.1) is 0 Å². The Bertz CT molecular complexity index is 1130. The molecule has 6 rings (SSSR count). The fraction of sp³-hybridized carbons (Fsp3) is 0.941. The maximum Gasteiger partial charge on any atom is 0.302 e. The standard InChI is InChI=1S/C34H54O7/c1-19(35)39-22-16-23-31(8)17-21(37)26(32(9)12-10-25(41-32)29(5,6)38)30(31,7)14-15-33(23)18-34(33)13-11-24(40-20(2)36)28(3,4)27(22)34/h21-27,37-38H,10-18H2,1-9H3/t21-,22+,23+,24+,25-,26+,27-,30-,31+,32+,33-,34-/m1/s1. The number of rotatable bonds is 4. The van der Waals surface area contributed by atoms with Gasteiger partial charge >= 0.3 is 11.9 Å².